The van der Waals surface area contributed by atoms with E-state index in [0.717, 1.165) is 29.8 Å². The lowest BCUT2D eigenvalue weighted by Crippen LogP contribution is -2.47. The number of rotatable bonds is 3. The lowest BCUT2D eigenvalue weighted by atomic mass is 10.2. The second kappa shape index (κ2) is 5.93. The van der Waals surface area contributed by atoms with Crippen molar-refractivity contribution in [3.05, 3.63) is 41.6 Å². The lowest BCUT2D eigenvalue weighted by Gasteiger charge is -2.34. The Balaban J connectivity index is 1.35. The molecule has 0 atom stereocenters. The topological polar surface area (TPSA) is 58.3 Å². The van der Waals surface area contributed by atoms with E-state index in [1.165, 1.54) is 0 Å². The molecular weight excluding hydrogens is 333 g/mol. The van der Waals surface area contributed by atoms with E-state index in [1.54, 1.807) is 6.92 Å². The molecule has 1 saturated carbocycles. The Labute approximate surface area is 150 Å². The minimum absolute atomic E-state index is 0.301. The van der Waals surface area contributed by atoms with Gasteiger partial charge in [-0.15, -0.1) is 0 Å². The van der Waals surface area contributed by atoms with Gasteiger partial charge in [-0.05, 0) is 31.9 Å². The zero-order chi connectivity index (χ0) is 17.7. The number of benzene rings is 1. The molecule has 0 bridgehead atoms. The predicted molar refractivity (Wildman–Crippen MR) is 97.1 cm³/mol. The Bertz CT molecular complexity index is 927. The van der Waals surface area contributed by atoms with Crippen molar-refractivity contribution >= 4 is 22.9 Å². The number of aromatic nitrogens is 3. The molecule has 7 heteroatoms. The first-order chi connectivity index (χ1) is 12.7. The highest BCUT2D eigenvalue weighted by molar-refractivity contribution is 5.74. The minimum atomic E-state index is -0.301. The number of hydrogen-bond acceptors (Lipinski definition) is 6. The first kappa shape index (κ1) is 15.5. The molecule has 5 rings (SSSR count). The fourth-order valence-electron chi connectivity index (χ4n) is 3.40. The second-order valence-electron chi connectivity index (χ2n) is 7.02. The number of oxazole rings is 1. The maximum absolute atomic E-state index is 14.6. The zero-order valence-electron chi connectivity index (χ0n) is 14.7. The van der Waals surface area contributed by atoms with Gasteiger partial charge in [-0.2, -0.15) is 4.98 Å². The van der Waals surface area contributed by atoms with E-state index in [1.807, 2.05) is 29.2 Å². The van der Waals surface area contributed by atoms with Gasteiger partial charge >= 0.3 is 0 Å². The van der Waals surface area contributed by atoms with E-state index >= 15 is 0 Å². The SMILES string of the molecule is Cc1nc(C2CC2)nc(N2CCN(c3nc4ccccc4o3)CC2)c1F. The van der Waals surface area contributed by atoms with Crippen molar-refractivity contribution in [2.75, 3.05) is 36.0 Å². The summed E-state index contributed by atoms with van der Waals surface area (Å²) >= 11 is 0. The van der Waals surface area contributed by atoms with Gasteiger partial charge in [0.25, 0.3) is 6.01 Å². The third kappa shape index (κ3) is 2.67. The number of aryl methyl sites for hydroxylation is 1. The summed E-state index contributed by atoms with van der Waals surface area (Å²) in [5.74, 6) is 1.34. The molecule has 1 aliphatic heterocycles. The molecule has 0 spiro atoms. The Hall–Kier alpha value is -2.70. The predicted octanol–water partition coefficient (Wildman–Crippen LogP) is 3.27. The van der Waals surface area contributed by atoms with Gasteiger partial charge < -0.3 is 14.2 Å². The van der Waals surface area contributed by atoms with Gasteiger partial charge in [-0.25, -0.2) is 14.4 Å². The van der Waals surface area contributed by atoms with E-state index in [-0.39, 0.29) is 5.82 Å². The van der Waals surface area contributed by atoms with Crippen LogP contribution in [0.25, 0.3) is 11.1 Å². The average molecular weight is 353 g/mol. The average Bonchev–Trinajstić information content (AvgIpc) is 3.42. The Kier molecular flexibility index (Phi) is 3.55. The number of fused-ring (bicyclic) bond motifs is 1. The van der Waals surface area contributed by atoms with Gasteiger partial charge in [0.2, 0.25) is 0 Å². The van der Waals surface area contributed by atoms with Crippen molar-refractivity contribution in [1.29, 1.82) is 0 Å². The largest absolute Gasteiger partial charge is 0.423 e. The zero-order valence-corrected chi connectivity index (χ0v) is 14.7. The van der Waals surface area contributed by atoms with E-state index in [0.29, 0.717) is 49.6 Å². The highest BCUT2D eigenvalue weighted by Crippen LogP contribution is 2.39. The maximum atomic E-state index is 14.6. The van der Waals surface area contributed by atoms with Gasteiger partial charge in [-0.3, -0.25) is 0 Å². The molecule has 1 aliphatic carbocycles. The quantitative estimate of drug-likeness (QED) is 0.720. The van der Waals surface area contributed by atoms with Crippen LogP contribution in [0.4, 0.5) is 16.2 Å². The number of halogens is 1. The molecule has 3 heterocycles. The van der Waals surface area contributed by atoms with Crippen LogP contribution in [0.2, 0.25) is 0 Å². The van der Waals surface area contributed by atoms with Crippen molar-refractivity contribution in [2.45, 2.75) is 25.7 Å². The monoisotopic (exact) mass is 353 g/mol. The van der Waals surface area contributed by atoms with Gasteiger partial charge in [0.15, 0.2) is 17.2 Å². The van der Waals surface area contributed by atoms with Crippen molar-refractivity contribution in [2.24, 2.45) is 0 Å². The van der Waals surface area contributed by atoms with Crippen molar-refractivity contribution in [1.82, 2.24) is 15.0 Å². The highest BCUT2D eigenvalue weighted by Gasteiger charge is 2.30. The molecule has 2 aromatic heterocycles. The summed E-state index contributed by atoms with van der Waals surface area (Å²) in [6.45, 7) is 4.51. The Morgan fingerprint density at radius 2 is 1.73 bits per heavy atom. The summed E-state index contributed by atoms with van der Waals surface area (Å²) in [6.07, 6.45) is 2.21. The van der Waals surface area contributed by atoms with Gasteiger partial charge in [0, 0.05) is 32.1 Å². The minimum Gasteiger partial charge on any atom is -0.423 e. The van der Waals surface area contributed by atoms with E-state index in [9.17, 15) is 4.39 Å². The van der Waals surface area contributed by atoms with Crippen LogP contribution >= 0.6 is 0 Å². The Morgan fingerprint density at radius 1 is 1.00 bits per heavy atom. The number of para-hydroxylation sites is 2. The highest BCUT2D eigenvalue weighted by atomic mass is 19.1. The van der Waals surface area contributed by atoms with Crippen LogP contribution in [0.15, 0.2) is 28.7 Å². The third-order valence-corrected chi connectivity index (χ3v) is 5.09. The number of hydrogen-bond donors (Lipinski definition) is 0. The van der Waals surface area contributed by atoms with Crippen LogP contribution in [0.3, 0.4) is 0 Å². The van der Waals surface area contributed by atoms with Gasteiger partial charge in [0.1, 0.15) is 11.3 Å². The second-order valence-corrected chi connectivity index (χ2v) is 7.02. The van der Waals surface area contributed by atoms with Crippen molar-refractivity contribution in [3.63, 3.8) is 0 Å². The Morgan fingerprint density at radius 3 is 2.46 bits per heavy atom. The number of anilines is 2. The summed E-state index contributed by atoms with van der Waals surface area (Å²) in [5, 5.41) is 0. The summed E-state index contributed by atoms with van der Waals surface area (Å²) in [7, 11) is 0. The fraction of sp³-hybridized carbons (Fsp3) is 0.421. The van der Waals surface area contributed by atoms with E-state index < -0.39 is 0 Å². The first-order valence-electron chi connectivity index (χ1n) is 9.08. The van der Waals surface area contributed by atoms with Crippen LogP contribution in [0, 0.1) is 12.7 Å². The molecular formula is C19H20FN5O. The number of piperazine rings is 1. The molecule has 2 fully saturated rings. The number of nitrogens with zero attached hydrogens (tertiary/aromatic N) is 5. The van der Waals surface area contributed by atoms with Crippen LogP contribution in [0.1, 0.15) is 30.3 Å². The maximum Gasteiger partial charge on any atom is 0.298 e. The third-order valence-electron chi connectivity index (χ3n) is 5.09. The van der Waals surface area contributed by atoms with E-state index in [4.69, 9.17) is 4.42 Å². The van der Waals surface area contributed by atoms with Gasteiger partial charge in [0.05, 0.1) is 5.69 Å². The molecule has 3 aromatic rings. The molecule has 0 radical (unpaired) electrons. The van der Waals surface area contributed by atoms with E-state index in [2.05, 4.69) is 19.9 Å². The molecule has 2 aliphatic rings. The summed E-state index contributed by atoms with van der Waals surface area (Å²) in [6, 6.07) is 8.37. The summed E-state index contributed by atoms with van der Waals surface area (Å²) < 4.78 is 20.4. The smallest absolute Gasteiger partial charge is 0.298 e. The summed E-state index contributed by atoms with van der Waals surface area (Å²) in [4.78, 5) is 17.5. The first-order valence-corrected chi connectivity index (χ1v) is 9.08. The molecule has 1 saturated heterocycles. The lowest BCUT2D eigenvalue weighted by molar-refractivity contribution is 0.529. The van der Waals surface area contributed by atoms with Crippen molar-refractivity contribution < 1.29 is 8.81 Å². The van der Waals surface area contributed by atoms with Crippen LogP contribution < -0.4 is 9.80 Å². The van der Waals surface area contributed by atoms with Crippen LogP contribution in [-0.2, 0) is 0 Å². The molecule has 1 aromatic carbocycles. The summed E-state index contributed by atoms with van der Waals surface area (Å²) in [5.41, 5.74) is 2.09. The van der Waals surface area contributed by atoms with Crippen LogP contribution in [-0.4, -0.2) is 41.1 Å². The molecule has 0 unspecified atom stereocenters. The van der Waals surface area contributed by atoms with Crippen molar-refractivity contribution in [3.8, 4) is 0 Å². The fourth-order valence-corrected chi connectivity index (χ4v) is 3.40. The van der Waals surface area contributed by atoms with Crippen LogP contribution in [0.5, 0.6) is 0 Å². The molecule has 134 valence electrons. The molecule has 0 amide bonds. The standard InChI is InChI=1S/C19H20FN5O/c1-12-16(20)18(23-17(21-12)13-6-7-13)24-8-10-25(11-9-24)19-22-14-4-2-3-5-15(14)26-19/h2-5,13H,6-11H2,1H3. The normalized spacial score (nSPS) is 17.9. The molecule has 6 nitrogen and oxygen atoms in total. The van der Waals surface area contributed by atoms with Gasteiger partial charge in [-0.1, -0.05) is 12.1 Å². The molecule has 26 heavy (non-hydrogen) atoms. The molecule has 0 N–H and O–H groups in total.